The van der Waals surface area contributed by atoms with Crippen LogP contribution in [0.5, 0.6) is 17.2 Å². The highest BCUT2D eigenvalue weighted by atomic mass is 16.5. The molecule has 0 aliphatic rings. The summed E-state index contributed by atoms with van der Waals surface area (Å²) in [7, 11) is 4.92. The van der Waals surface area contributed by atoms with Crippen LogP contribution in [0.1, 0.15) is 11.3 Å². The summed E-state index contributed by atoms with van der Waals surface area (Å²) in [5.41, 5.74) is 2.79. The Hall–Kier alpha value is -3.48. The van der Waals surface area contributed by atoms with Crippen molar-refractivity contribution in [1.82, 2.24) is 9.97 Å². The van der Waals surface area contributed by atoms with Gasteiger partial charge >= 0.3 is 0 Å². The third-order valence-electron chi connectivity index (χ3n) is 4.36. The monoisotopic (exact) mass is 394 g/mol. The van der Waals surface area contributed by atoms with Crippen molar-refractivity contribution in [2.75, 3.05) is 38.5 Å². The molecule has 0 saturated heterocycles. The van der Waals surface area contributed by atoms with Gasteiger partial charge in [-0.05, 0) is 43.2 Å². The third kappa shape index (κ3) is 5.51. The number of aryl methyl sites for hydroxylation is 1. The van der Waals surface area contributed by atoms with E-state index in [1.807, 2.05) is 49.4 Å². The second kappa shape index (κ2) is 9.64. The van der Waals surface area contributed by atoms with Crippen LogP contribution in [0, 0.1) is 6.92 Å². The van der Waals surface area contributed by atoms with Gasteiger partial charge < -0.3 is 24.8 Å². The van der Waals surface area contributed by atoms with Crippen LogP contribution in [0.15, 0.2) is 48.5 Å². The normalized spacial score (nSPS) is 10.3. The van der Waals surface area contributed by atoms with Crippen LogP contribution in [0.3, 0.4) is 0 Å². The van der Waals surface area contributed by atoms with Crippen molar-refractivity contribution in [2.24, 2.45) is 0 Å². The van der Waals surface area contributed by atoms with E-state index in [2.05, 4.69) is 26.7 Å². The molecule has 0 aliphatic carbocycles. The number of anilines is 3. The molecule has 1 heterocycles. The number of methoxy groups -OCH3 is 3. The maximum atomic E-state index is 5.41. The van der Waals surface area contributed by atoms with Gasteiger partial charge in [-0.2, -0.15) is 4.98 Å². The summed E-state index contributed by atoms with van der Waals surface area (Å²) in [4.78, 5) is 9.04. The molecule has 0 fully saturated rings. The molecular formula is C22H26N4O3. The van der Waals surface area contributed by atoms with Crippen molar-refractivity contribution < 1.29 is 14.2 Å². The number of rotatable bonds is 9. The fourth-order valence-corrected chi connectivity index (χ4v) is 2.91. The number of hydrogen-bond acceptors (Lipinski definition) is 7. The number of nitrogens with zero attached hydrogens (tertiary/aromatic N) is 2. The topological polar surface area (TPSA) is 77.5 Å². The van der Waals surface area contributed by atoms with E-state index in [0.717, 1.165) is 41.7 Å². The zero-order chi connectivity index (χ0) is 20.6. The molecule has 3 aromatic rings. The minimum atomic E-state index is 0.487. The van der Waals surface area contributed by atoms with Crippen LogP contribution in [-0.2, 0) is 6.42 Å². The van der Waals surface area contributed by atoms with Crippen LogP contribution in [0.25, 0.3) is 0 Å². The van der Waals surface area contributed by atoms with Gasteiger partial charge in [0.1, 0.15) is 23.1 Å². The van der Waals surface area contributed by atoms with E-state index in [1.165, 1.54) is 5.56 Å². The Bertz CT molecular complexity index is 963. The first-order valence-corrected chi connectivity index (χ1v) is 9.33. The minimum absolute atomic E-state index is 0.487. The number of nitrogens with one attached hydrogen (secondary N) is 2. The van der Waals surface area contributed by atoms with E-state index < -0.39 is 0 Å². The lowest BCUT2D eigenvalue weighted by atomic mass is 10.1. The molecule has 0 aliphatic heterocycles. The predicted octanol–water partition coefficient (Wildman–Crippen LogP) is 4.21. The molecule has 152 valence electrons. The van der Waals surface area contributed by atoms with Crippen molar-refractivity contribution >= 4 is 17.5 Å². The third-order valence-corrected chi connectivity index (χ3v) is 4.36. The van der Waals surface area contributed by atoms with Gasteiger partial charge in [0.2, 0.25) is 5.95 Å². The minimum Gasteiger partial charge on any atom is -0.497 e. The number of hydrogen-bond donors (Lipinski definition) is 2. The molecule has 0 bridgehead atoms. The molecule has 7 heteroatoms. The maximum absolute atomic E-state index is 5.41. The van der Waals surface area contributed by atoms with E-state index in [4.69, 9.17) is 14.2 Å². The van der Waals surface area contributed by atoms with Crippen LogP contribution in [0.4, 0.5) is 17.5 Å². The van der Waals surface area contributed by atoms with Crippen molar-refractivity contribution in [3.63, 3.8) is 0 Å². The van der Waals surface area contributed by atoms with Gasteiger partial charge in [-0.15, -0.1) is 0 Å². The smallest absolute Gasteiger partial charge is 0.229 e. The number of ether oxygens (including phenoxy) is 3. The Labute approximate surface area is 171 Å². The Morgan fingerprint density at radius 3 is 2.41 bits per heavy atom. The van der Waals surface area contributed by atoms with Gasteiger partial charge in [0.15, 0.2) is 0 Å². The van der Waals surface area contributed by atoms with Crippen molar-refractivity contribution in [3.8, 4) is 17.2 Å². The molecule has 0 spiro atoms. The molecule has 0 atom stereocenters. The molecule has 0 radical (unpaired) electrons. The summed E-state index contributed by atoms with van der Waals surface area (Å²) in [5.74, 6) is 3.50. The van der Waals surface area contributed by atoms with Crippen LogP contribution >= 0.6 is 0 Å². The summed E-state index contributed by atoms with van der Waals surface area (Å²) in [5, 5.41) is 6.58. The molecule has 1 aromatic heterocycles. The van der Waals surface area contributed by atoms with E-state index in [0.29, 0.717) is 11.7 Å². The van der Waals surface area contributed by atoms with E-state index in [-0.39, 0.29) is 0 Å². The van der Waals surface area contributed by atoms with E-state index in [9.17, 15) is 0 Å². The van der Waals surface area contributed by atoms with Crippen molar-refractivity contribution in [2.45, 2.75) is 13.3 Å². The second-order valence-electron chi connectivity index (χ2n) is 6.44. The first kappa shape index (κ1) is 20.3. The van der Waals surface area contributed by atoms with Crippen LogP contribution in [-0.4, -0.2) is 37.8 Å². The van der Waals surface area contributed by atoms with Gasteiger partial charge in [-0.1, -0.05) is 12.1 Å². The summed E-state index contributed by atoms with van der Waals surface area (Å²) in [6.07, 6.45) is 0.854. The summed E-state index contributed by atoms with van der Waals surface area (Å²) in [6.45, 7) is 2.68. The van der Waals surface area contributed by atoms with Crippen LogP contribution < -0.4 is 24.8 Å². The molecule has 0 saturated carbocycles. The highest BCUT2D eigenvalue weighted by Gasteiger charge is 2.09. The number of benzene rings is 2. The zero-order valence-corrected chi connectivity index (χ0v) is 17.2. The molecule has 2 aromatic carbocycles. The highest BCUT2D eigenvalue weighted by molar-refractivity contribution is 5.65. The molecule has 2 N–H and O–H groups in total. The Morgan fingerprint density at radius 2 is 1.66 bits per heavy atom. The lowest BCUT2D eigenvalue weighted by Crippen LogP contribution is -2.09. The average molecular weight is 394 g/mol. The molecule has 29 heavy (non-hydrogen) atoms. The maximum Gasteiger partial charge on any atom is 0.229 e. The fraction of sp³-hybridized carbons (Fsp3) is 0.273. The quantitative estimate of drug-likeness (QED) is 0.563. The predicted molar refractivity (Wildman–Crippen MR) is 115 cm³/mol. The summed E-state index contributed by atoms with van der Waals surface area (Å²) < 4.78 is 16.0. The van der Waals surface area contributed by atoms with Crippen LogP contribution in [0.2, 0.25) is 0 Å². The molecule has 7 nitrogen and oxygen atoms in total. The molecule has 0 amide bonds. The fourth-order valence-electron chi connectivity index (χ4n) is 2.91. The Kier molecular flexibility index (Phi) is 6.73. The largest absolute Gasteiger partial charge is 0.497 e. The summed E-state index contributed by atoms with van der Waals surface area (Å²) >= 11 is 0. The van der Waals surface area contributed by atoms with Gasteiger partial charge in [0, 0.05) is 24.4 Å². The summed E-state index contributed by atoms with van der Waals surface area (Å²) in [6, 6.07) is 15.5. The Morgan fingerprint density at radius 1 is 0.862 bits per heavy atom. The highest BCUT2D eigenvalue weighted by Crippen LogP contribution is 2.30. The van der Waals surface area contributed by atoms with Gasteiger partial charge in [-0.3, -0.25) is 0 Å². The Balaban J connectivity index is 1.70. The first-order valence-electron chi connectivity index (χ1n) is 9.33. The lowest BCUT2D eigenvalue weighted by Gasteiger charge is -2.13. The first-order chi connectivity index (χ1) is 14.1. The van der Waals surface area contributed by atoms with E-state index >= 15 is 0 Å². The molecule has 0 unspecified atom stereocenters. The lowest BCUT2D eigenvalue weighted by molar-refractivity contribution is 0.405. The van der Waals surface area contributed by atoms with Crippen molar-refractivity contribution in [3.05, 3.63) is 59.8 Å². The SMILES string of the molecule is COc1cccc(CCNc2cc(C)nc(Nc3cc(OC)ccc3OC)n2)c1. The molecular weight excluding hydrogens is 368 g/mol. The average Bonchev–Trinajstić information content (AvgIpc) is 2.73. The van der Waals surface area contributed by atoms with Gasteiger partial charge in [0.25, 0.3) is 0 Å². The number of aromatic nitrogens is 2. The van der Waals surface area contributed by atoms with Crippen molar-refractivity contribution in [1.29, 1.82) is 0 Å². The molecule has 3 rings (SSSR count). The standard InChI is InChI=1S/C22H26N4O3/c1-15-12-21(23-11-10-16-6-5-7-17(13-16)27-2)26-22(24-15)25-19-14-18(28-3)8-9-20(19)29-4/h5-9,12-14H,10-11H2,1-4H3,(H2,23,24,25,26). The van der Waals surface area contributed by atoms with Gasteiger partial charge in [-0.25, -0.2) is 4.98 Å². The van der Waals surface area contributed by atoms with Gasteiger partial charge in [0.05, 0.1) is 27.0 Å². The zero-order valence-electron chi connectivity index (χ0n) is 17.2. The van der Waals surface area contributed by atoms with E-state index in [1.54, 1.807) is 21.3 Å². The second-order valence-corrected chi connectivity index (χ2v) is 6.44.